The molecule has 1 aromatic carbocycles. The lowest BCUT2D eigenvalue weighted by molar-refractivity contribution is 0.127. The third kappa shape index (κ3) is 3.27. The van der Waals surface area contributed by atoms with Crippen molar-refractivity contribution < 1.29 is 18.3 Å². The Morgan fingerprint density at radius 3 is 2.89 bits per heavy atom. The van der Waals surface area contributed by atoms with Gasteiger partial charge in [0.1, 0.15) is 5.75 Å². The van der Waals surface area contributed by atoms with Gasteiger partial charge in [0, 0.05) is 12.7 Å². The summed E-state index contributed by atoms with van der Waals surface area (Å²) in [7, 11) is -3.49. The van der Waals surface area contributed by atoms with E-state index in [0.717, 1.165) is 12.8 Å². The fourth-order valence-corrected chi connectivity index (χ4v) is 3.23. The second-order valence-electron chi connectivity index (χ2n) is 4.29. The number of benzene rings is 1. The second-order valence-corrected chi connectivity index (χ2v) is 6.06. The van der Waals surface area contributed by atoms with Crippen LogP contribution in [-0.2, 0) is 14.8 Å². The summed E-state index contributed by atoms with van der Waals surface area (Å²) in [5, 5.41) is 9.19. The summed E-state index contributed by atoms with van der Waals surface area (Å²) >= 11 is 0. The molecule has 0 bridgehead atoms. The van der Waals surface area contributed by atoms with Gasteiger partial charge in [-0.05, 0) is 25.0 Å². The predicted molar refractivity (Wildman–Crippen MR) is 68.9 cm³/mol. The van der Waals surface area contributed by atoms with Gasteiger partial charge >= 0.3 is 0 Å². The lowest BCUT2D eigenvalue weighted by atomic mass is 10.2. The van der Waals surface area contributed by atoms with E-state index in [2.05, 4.69) is 4.72 Å². The molecule has 1 atom stereocenters. The normalized spacial score (nSPS) is 19.9. The van der Waals surface area contributed by atoms with Gasteiger partial charge in [0.15, 0.2) is 0 Å². The zero-order chi connectivity index (χ0) is 13.2. The van der Waals surface area contributed by atoms with Crippen LogP contribution in [0.2, 0.25) is 0 Å². The summed E-state index contributed by atoms with van der Waals surface area (Å²) in [5.41, 5.74) is 6.07. The first-order valence-electron chi connectivity index (χ1n) is 5.67. The average Bonchev–Trinajstić information content (AvgIpc) is 2.74. The van der Waals surface area contributed by atoms with Gasteiger partial charge in [-0.3, -0.25) is 4.72 Å². The van der Waals surface area contributed by atoms with Crippen molar-refractivity contribution in [2.45, 2.75) is 18.9 Å². The molecule has 1 heterocycles. The number of sulfonamides is 1. The molecule has 4 N–H and O–H groups in total. The first-order valence-corrected chi connectivity index (χ1v) is 7.32. The van der Waals surface area contributed by atoms with Crippen LogP contribution in [0, 0.1) is 0 Å². The minimum Gasteiger partial charge on any atom is -0.508 e. The van der Waals surface area contributed by atoms with Crippen LogP contribution < -0.4 is 10.5 Å². The fraction of sp³-hybridized carbons (Fsp3) is 0.455. The molecule has 0 aliphatic carbocycles. The van der Waals surface area contributed by atoms with Gasteiger partial charge in [-0.15, -0.1) is 0 Å². The Morgan fingerprint density at radius 1 is 1.50 bits per heavy atom. The average molecular weight is 272 g/mol. The first-order chi connectivity index (χ1) is 8.46. The zero-order valence-corrected chi connectivity index (χ0v) is 10.6. The van der Waals surface area contributed by atoms with Gasteiger partial charge in [-0.1, -0.05) is 0 Å². The first kappa shape index (κ1) is 13.0. The van der Waals surface area contributed by atoms with Crippen molar-refractivity contribution in [1.82, 2.24) is 0 Å². The Morgan fingerprint density at radius 2 is 2.28 bits per heavy atom. The lowest BCUT2D eigenvalue weighted by Gasteiger charge is -2.13. The molecular formula is C11H16N2O4S. The van der Waals surface area contributed by atoms with E-state index in [9.17, 15) is 13.5 Å². The van der Waals surface area contributed by atoms with Crippen LogP contribution in [0.15, 0.2) is 18.2 Å². The molecule has 1 fully saturated rings. The molecule has 2 rings (SSSR count). The van der Waals surface area contributed by atoms with E-state index in [1.165, 1.54) is 18.2 Å². The monoisotopic (exact) mass is 272 g/mol. The lowest BCUT2D eigenvalue weighted by Crippen LogP contribution is -2.26. The van der Waals surface area contributed by atoms with Crippen molar-refractivity contribution in [3.63, 3.8) is 0 Å². The van der Waals surface area contributed by atoms with Crippen molar-refractivity contribution in [2.75, 3.05) is 22.8 Å². The van der Waals surface area contributed by atoms with Gasteiger partial charge in [0.25, 0.3) is 0 Å². The molecule has 1 unspecified atom stereocenters. The highest BCUT2D eigenvalue weighted by Gasteiger charge is 2.23. The summed E-state index contributed by atoms with van der Waals surface area (Å²) in [6.07, 6.45) is 1.40. The molecule has 1 aromatic rings. The molecule has 1 saturated heterocycles. The maximum absolute atomic E-state index is 11.9. The highest BCUT2D eigenvalue weighted by molar-refractivity contribution is 7.92. The molecule has 0 saturated carbocycles. The Hall–Kier alpha value is -1.47. The van der Waals surface area contributed by atoms with Gasteiger partial charge in [-0.2, -0.15) is 0 Å². The van der Waals surface area contributed by atoms with Crippen molar-refractivity contribution in [1.29, 1.82) is 0 Å². The maximum atomic E-state index is 11.9. The second kappa shape index (κ2) is 5.03. The molecule has 0 spiro atoms. The molecule has 1 aliphatic rings. The predicted octanol–water partition coefficient (Wildman–Crippen LogP) is 0.895. The number of hydrogen-bond donors (Lipinski definition) is 3. The van der Waals surface area contributed by atoms with Crippen LogP contribution in [0.4, 0.5) is 11.4 Å². The van der Waals surface area contributed by atoms with Crippen LogP contribution in [0.3, 0.4) is 0 Å². The number of anilines is 2. The number of aromatic hydroxyl groups is 1. The van der Waals surface area contributed by atoms with Crippen LogP contribution in [0.25, 0.3) is 0 Å². The Bertz CT molecular complexity index is 524. The van der Waals surface area contributed by atoms with E-state index >= 15 is 0 Å². The molecular weight excluding hydrogens is 256 g/mol. The van der Waals surface area contributed by atoms with Crippen molar-refractivity contribution in [3.8, 4) is 5.75 Å². The Kier molecular flexibility index (Phi) is 3.63. The van der Waals surface area contributed by atoms with Gasteiger partial charge in [-0.25, -0.2) is 8.42 Å². The molecule has 6 nitrogen and oxygen atoms in total. The standard InChI is InChI=1S/C11H16N2O4S/c12-10-6-8(14)3-4-11(10)13-18(15,16)7-9-2-1-5-17-9/h3-4,6,9,13-14H,1-2,5,7,12H2. The van der Waals surface area contributed by atoms with E-state index < -0.39 is 10.0 Å². The number of phenols is 1. The van der Waals surface area contributed by atoms with Gasteiger partial charge < -0.3 is 15.6 Å². The van der Waals surface area contributed by atoms with E-state index in [1.54, 1.807) is 0 Å². The minimum atomic E-state index is -3.49. The summed E-state index contributed by atoms with van der Waals surface area (Å²) in [6, 6.07) is 4.10. The number of hydrogen-bond acceptors (Lipinski definition) is 5. The minimum absolute atomic E-state index is 0.00502. The molecule has 0 amide bonds. The van der Waals surface area contributed by atoms with Crippen molar-refractivity contribution in [3.05, 3.63) is 18.2 Å². The highest BCUT2D eigenvalue weighted by atomic mass is 32.2. The molecule has 18 heavy (non-hydrogen) atoms. The van der Waals surface area contributed by atoms with Crippen molar-refractivity contribution >= 4 is 21.4 Å². The number of nitrogens with two attached hydrogens (primary N) is 1. The topological polar surface area (TPSA) is 102 Å². The third-order valence-corrected chi connectivity index (χ3v) is 4.07. The summed E-state index contributed by atoms with van der Waals surface area (Å²) < 4.78 is 31.5. The number of nitrogen functional groups attached to an aromatic ring is 1. The van der Waals surface area contributed by atoms with E-state index in [-0.39, 0.29) is 29.0 Å². The quantitative estimate of drug-likeness (QED) is 0.558. The summed E-state index contributed by atoms with van der Waals surface area (Å²) in [5.74, 6) is -0.0811. The number of rotatable bonds is 4. The largest absolute Gasteiger partial charge is 0.508 e. The van der Waals surface area contributed by atoms with Crippen LogP contribution in [0.1, 0.15) is 12.8 Å². The van der Waals surface area contributed by atoms with Gasteiger partial charge in [0.05, 0.1) is 23.2 Å². The SMILES string of the molecule is Nc1cc(O)ccc1NS(=O)(=O)CC1CCCO1. The Labute approximate surface area is 106 Å². The number of ether oxygens (including phenoxy) is 1. The zero-order valence-electron chi connectivity index (χ0n) is 9.80. The Balaban J connectivity index is 2.07. The van der Waals surface area contributed by atoms with E-state index in [4.69, 9.17) is 10.5 Å². The van der Waals surface area contributed by atoms with Crippen LogP contribution >= 0.6 is 0 Å². The van der Waals surface area contributed by atoms with Crippen LogP contribution in [-0.4, -0.2) is 32.0 Å². The van der Waals surface area contributed by atoms with E-state index in [0.29, 0.717) is 6.61 Å². The molecule has 7 heteroatoms. The van der Waals surface area contributed by atoms with Crippen molar-refractivity contribution in [2.24, 2.45) is 0 Å². The fourth-order valence-electron chi connectivity index (χ4n) is 1.87. The molecule has 1 aliphatic heterocycles. The highest BCUT2D eigenvalue weighted by Crippen LogP contribution is 2.25. The summed E-state index contributed by atoms with van der Waals surface area (Å²) in [4.78, 5) is 0. The van der Waals surface area contributed by atoms with Gasteiger partial charge in [0.2, 0.25) is 10.0 Å². The van der Waals surface area contributed by atoms with Crippen LogP contribution in [0.5, 0.6) is 5.75 Å². The number of phenolic OH excluding ortho intramolecular Hbond substituents is 1. The number of nitrogens with one attached hydrogen (secondary N) is 1. The molecule has 100 valence electrons. The van der Waals surface area contributed by atoms with E-state index in [1.807, 2.05) is 0 Å². The summed E-state index contributed by atoms with van der Waals surface area (Å²) in [6.45, 7) is 0.613. The molecule has 0 radical (unpaired) electrons. The third-order valence-electron chi connectivity index (χ3n) is 2.73. The maximum Gasteiger partial charge on any atom is 0.235 e. The molecule has 0 aromatic heterocycles. The smallest absolute Gasteiger partial charge is 0.235 e.